The van der Waals surface area contributed by atoms with Gasteiger partial charge in [-0.05, 0) is 47.0 Å². The van der Waals surface area contributed by atoms with Gasteiger partial charge in [0.15, 0.2) is 0 Å². The van der Waals surface area contributed by atoms with E-state index in [4.69, 9.17) is 5.73 Å². The normalized spacial score (nSPS) is 10.8. The monoisotopic (exact) mass is 251 g/mol. The summed E-state index contributed by atoms with van der Waals surface area (Å²) in [6, 6.07) is 17.0. The maximum Gasteiger partial charge on any atom is 0.133 e. The zero-order valence-electron chi connectivity index (χ0n) is 10.7. The molecule has 0 bridgehead atoms. The smallest absolute Gasteiger partial charge is 0.133 e. The Morgan fingerprint density at radius 1 is 0.947 bits per heavy atom. The Morgan fingerprint density at radius 2 is 1.74 bits per heavy atom. The van der Waals surface area contributed by atoms with Gasteiger partial charge < -0.3 is 5.73 Å². The van der Waals surface area contributed by atoms with Gasteiger partial charge in [-0.3, -0.25) is 0 Å². The topological polar surface area (TPSA) is 26.0 Å². The molecule has 0 saturated carbocycles. The highest BCUT2D eigenvalue weighted by Gasteiger charge is 2.11. The average Bonchev–Trinajstić information content (AvgIpc) is 2.40. The van der Waals surface area contributed by atoms with Gasteiger partial charge in [0.25, 0.3) is 0 Å². The summed E-state index contributed by atoms with van der Waals surface area (Å²) in [7, 11) is 0. The van der Waals surface area contributed by atoms with E-state index in [0.717, 1.165) is 21.9 Å². The van der Waals surface area contributed by atoms with Crippen LogP contribution in [0.2, 0.25) is 0 Å². The quantitative estimate of drug-likeness (QED) is 0.631. The van der Waals surface area contributed by atoms with E-state index in [1.807, 2.05) is 37.3 Å². The van der Waals surface area contributed by atoms with E-state index in [0.29, 0.717) is 11.3 Å². The molecule has 0 aliphatic heterocycles. The number of benzene rings is 3. The average molecular weight is 251 g/mol. The molecule has 0 atom stereocenters. The first kappa shape index (κ1) is 11.7. The Labute approximate surface area is 111 Å². The first-order valence-electron chi connectivity index (χ1n) is 6.20. The maximum atomic E-state index is 14.2. The molecule has 2 heteroatoms. The molecule has 0 aromatic heterocycles. The van der Waals surface area contributed by atoms with Crippen LogP contribution in [0.5, 0.6) is 0 Å². The van der Waals surface area contributed by atoms with Crippen LogP contribution < -0.4 is 5.73 Å². The zero-order valence-corrected chi connectivity index (χ0v) is 10.7. The molecular formula is C17H14FN. The summed E-state index contributed by atoms with van der Waals surface area (Å²) in [6.45, 7) is 2.00. The van der Waals surface area contributed by atoms with Crippen molar-refractivity contribution in [3.8, 4) is 11.1 Å². The van der Waals surface area contributed by atoms with Gasteiger partial charge in [-0.2, -0.15) is 0 Å². The molecule has 0 radical (unpaired) electrons. The van der Waals surface area contributed by atoms with Crippen LogP contribution in [0.3, 0.4) is 0 Å². The van der Waals surface area contributed by atoms with Crippen LogP contribution in [-0.2, 0) is 0 Å². The molecule has 0 spiro atoms. The largest absolute Gasteiger partial charge is 0.399 e. The van der Waals surface area contributed by atoms with Crippen LogP contribution >= 0.6 is 0 Å². The van der Waals surface area contributed by atoms with Crippen molar-refractivity contribution >= 4 is 16.5 Å². The van der Waals surface area contributed by atoms with Crippen LogP contribution in [0.25, 0.3) is 21.9 Å². The van der Waals surface area contributed by atoms with E-state index < -0.39 is 0 Å². The summed E-state index contributed by atoms with van der Waals surface area (Å²) < 4.78 is 14.2. The van der Waals surface area contributed by atoms with Crippen LogP contribution in [0.1, 0.15) is 5.56 Å². The highest BCUT2D eigenvalue weighted by Crippen LogP contribution is 2.34. The van der Waals surface area contributed by atoms with Crippen LogP contribution in [0.4, 0.5) is 10.1 Å². The third-order valence-corrected chi connectivity index (χ3v) is 3.40. The summed E-state index contributed by atoms with van der Waals surface area (Å²) in [5.41, 5.74) is 8.66. The van der Waals surface area contributed by atoms with Gasteiger partial charge in [-0.25, -0.2) is 4.39 Å². The van der Waals surface area contributed by atoms with Crippen molar-refractivity contribution in [2.75, 3.05) is 5.73 Å². The maximum absolute atomic E-state index is 14.2. The van der Waals surface area contributed by atoms with Gasteiger partial charge in [0.05, 0.1) is 0 Å². The Kier molecular flexibility index (Phi) is 2.71. The SMILES string of the molecule is Cc1ccc2ccccc2c1-c1ccc(N)cc1F. The zero-order chi connectivity index (χ0) is 13.4. The van der Waals surface area contributed by atoms with Gasteiger partial charge in [0.2, 0.25) is 0 Å². The molecule has 0 amide bonds. The summed E-state index contributed by atoms with van der Waals surface area (Å²) in [4.78, 5) is 0. The van der Waals surface area contributed by atoms with Gasteiger partial charge in [-0.15, -0.1) is 0 Å². The van der Waals surface area contributed by atoms with Crippen molar-refractivity contribution in [1.82, 2.24) is 0 Å². The second-order valence-corrected chi connectivity index (χ2v) is 4.72. The lowest BCUT2D eigenvalue weighted by atomic mass is 9.93. The van der Waals surface area contributed by atoms with Gasteiger partial charge in [0, 0.05) is 11.3 Å². The molecule has 19 heavy (non-hydrogen) atoms. The molecule has 0 aliphatic carbocycles. The number of aryl methyl sites for hydroxylation is 1. The molecule has 1 nitrogen and oxygen atoms in total. The highest BCUT2D eigenvalue weighted by atomic mass is 19.1. The number of fused-ring (bicyclic) bond motifs is 1. The second-order valence-electron chi connectivity index (χ2n) is 4.72. The number of anilines is 1. The van der Waals surface area contributed by atoms with Gasteiger partial charge in [0.1, 0.15) is 5.82 Å². The molecule has 2 N–H and O–H groups in total. The fraction of sp³-hybridized carbons (Fsp3) is 0.0588. The molecule has 3 rings (SSSR count). The van der Waals surface area contributed by atoms with Crippen molar-refractivity contribution in [2.24, 2.45) is 0 Å². The Morgan fingerprint density at radius 3 is 2.53 bits per heavy atom. The van der Waals surface area contributed by atoms with E-state index in [-0.39, 0.29) is 5.82 Å². The molecule has 3 aromatic carbocycles. The number of halogens is 1. The number of nitrogens with two attached hydrogens (primary N) is 1. The van der Waals surface area contributed by atoms with Gasteiger partial charge >= 0.3 is 0 Å². The number of rotatable bonds is 1. The summed E-state index contributed by atoms with van der Waals surface area (Å²) in [6.07, 6.45) is 0. The number of nitrogen functional groups attached to an aromatic ring is 1. The Bertz CT molecular complexity index is 762. The van der Waals surface area contributed by atoms with E-state index >= 15 is 0 Å². The first-order valence-corrected chi connectivity index (χ1v) is 6.20. The molecule has 0 saturated heterocycles. The van der Waals surface area contributed by atoms with Crippen molar-refractivity contribution in [3.05, 3.63) is 66.0 Å². The lowest BCUT2D eigenvalue weighted by Crippen LogP contribution is -1.92. The lowest BCUT2D eigenvalue weighted by molar-refractivity contribution is 0.632. The fourth-order valence-corrected chi connectivity index (χ4v) is 2.47. The minimum absolute atomic E-state index is 0.278. The third-order valence-electron chi connectivity index (χ3n) is 3.40. The summed E-state index contributed by atoms with van der Waals surface area (Å²) in [5, 5.41) is 2.17. The predicted molar refractivity (Wildman–Crippen MR) is 78.5 cm³/mol. The first-order chi connectivity index (χ1) is 9.16. The predicted octanol–water partition coefficient (Wildman–Crippen LogP) is 4.54. The van der Waals surface area contributed by atoms with Crippen molar-refractivity contribution in [3.63, 3.8) is 0 Å². The van der Waals surface area contributed by atoms with Crippen LogP contribution in [-0.4, -0.2) is 0 Å². The lowest BCUT2D eigenvalue weighted by Gasteiger charge is -2.12. The van der Waals surface area contributed by atoms with Crippen LogP contribution in [0, 0.1) is 12.7 Å². The van der Waals surface area contributed by atoms with E-state index in [1.54, 1.807) is 12.1 Å². The summed E-state index contributed by atoms with van der Waals surface area (Å²) in [5.74, 6) is -0.278. The molecular weight excluding hydrogens is 237 g/mol. The fourth-order valence-electron chi connectivity index (χ4n) is 2.47. The molecule has 0 fully saturated rings. The van der Waals surface area contributed by atoms with Crippen LogP contribution in [0.15, 0.2) is 54.6 Å². The Balaban J connectivity index is 2.38. The molecule has 0 unspecified atom stereocenters. The molecule has 3 aromatic rings. The minimum atomic E-state index is -0.278. The van der Waals surface area contributed by atoms with E-state index in [9.17, 15) is 4.39 Å². The van der Waals surface area contributed by atoms with Crippen molar-refractivity contribution in [2.45, 2.75) is 6.92 Å². The minimum Gasteiger partial charge on any atom is -0.399 e. The molecule has 0 aliphatic rings. The summed E-state index contributed by atoms with van der Waals surface area (Å²) >= 11 is 0. The molecule has 94 valence electrons. The van der Waals surface area contributed by atoms with E-state index in [2.05, 4.69) is 6.07 Å². The highest BCUT2D eigenvalue weighted by molar-refractivity contribution is 5.98. The Hall–Kier alpha value is -2.35. The second kappa shape index (κ2) is 4.39. The number of hydrogen-bond donors (Lipinski definition) is 1. The third kappa shape index (κ3) is 1.95. The van der Waals surface area contributed by atoms with E-state index in [1.165, 1.54) is 6.07 Å². The van der Waals surface area contributed by atoms with Crippen molar-refractivity contribution < 1.29 is 4.39 Å². The molecule has 0 heterocycles. The van der Waals surface area contributed by atoms with Gasteiger partial charge in [-0.1, -0.05) is 36.4 Å². The van der Waals surface area contributed by atoms with Crippen molar-refractivity contribution in [1.29, 1.82) is 0 Å². The standard InChI is InChI=1S/C17H14FN/c1-11-6-7-12-4-2-3-5-14(12)17(11)15-9-8-13(19)10-16(15)18/h2-10H,19H2,1H3. The number of hydrogen-bond acceptors (Lipinski definition) is 1.